The molecule has 23 heavy (non-hydrogen) atoms. The van der Waals surface area contributed by atoms with Crippen molar-refractivity contribution in [3.63, 3.8) is 0 Å². The Kier molecular flexibility index (Phi) is 3.54. The van der Waals surface area contributed by atoms with Crippen molar-refractivity contribution in [2.45, 2.75) is 12.8 Å². The second-order valence-electron chi connectivity index (χ2n) is 5.74. The van der Waals surface area contributed by atoms with E-state index in [2.05, 4.69) is 4.90 Å². The third kappa shape index (κ3) is 2.49. The van der Waals surface area contributed by atoms with Crippen molar-refractivity contribution in [3.8, 4) is 5.69 Å². The van der Waals surface area contributed by atoms with E-state index in [0.717, 1.165) is 37.1 Å². The Morgan fingerprint density at radius 3 is 2.39 bits per heavy atom. The number of hydrogen-bond acceptors (Lipinski definition) is 3. The van der Waals surface area contributed by atoms with Crippen molar-refractivity contribution in [1.82, 2.24) is 9.55 Å². The number of fused-ring (bicyclic) bond motifs is 1. The number of para-hydroxylation sites is 1. The largest absolute Gasteiger partial charge is 0.342 e. The van der Waals surface area contributed by atoms with Gasteiger partial charge in [0, 0.05) is 18.1 Å². The minimum Gasteiger partial charge on any atom is -0.342 e. The van der Waals surface area contributed by atoms with Crippen molar-refractivity contribution >= 4 is 28.5 Å². The zero-order chi connectivity index (χ0) is 15.8. The number of rotatable bonds is 2. The molecule has 1 fully saturated rings. The van der Waals surface area contributed by atoms with Gasteiger partial charge in [0.05, 0.1) is 16.6 Å². The molecule has 1 saturated heterocycles. The lowest BCUT2D eigenvalue weighted by molar-refractivity contribution is 0.840. The minimum absolute atomic E-state index is 0.0418. The summed E-state index contributed by atoms with van der Waals surface area (Å²) in [5, 5.41) is 1.28. The van der Waals surface area contributed by atoms with Gasteiger partial charge in [0.2, 0.25) is 5.95 Å². The lowest BCUT2D eigenvalue weighted by Crippen LogP contribution is -2.30. The van der Waals surface area contributed by atoms with Gasteiger partial charge in [0.25, 0.3) is 5.56 Å². The van der Waals surface area contributed by atoms with Crippen molar-refractivity contribution < 1.29 is 0 Å². The normalized spacial score (nSPS) is 14.6. The van der Waals surface area contributed by atoms with Crippen molar-refractivity contribution in [3.05, 3.63) is 63.9 Å². The second kappa shape index (κ2) is 5.70. The van der Waals surface area contributed by atoms with Crippen LogP contribution in [0.25, 0.3) is 16.6 Å². The molecule has 0 bridgehead atoms. The second-order valence-corrected chi connectivity index (χ2v) is 6.18. The average Bonchev–Trinajstić information content (AvgIpc) is 3.10. The molecule has 1 aromatic heterocycles. The van der Waals surface area contributed by atoms with Crippen LogP contribution >= 0.6 is 11.6 Å². The average molecular weight is 326 g/mol. The highest BCUT2D eigenvalue weighted by molar-refractivity contribution is 6.30. The number of hydrogen-bond donors (Lipinski definition) is 0. The Morgan fingerprint density at radius 2 is 1.65 bits per heavy atom. The van der Waals surface area contributed by atoms with E-state index in [4.69, 9.17) is 16.6 Å². The first kappa shape index (κ1) is 14.3. The molecule has 0 radical (unpaired) electrons. The predicted molar refractivity (Wildman–Crippen MR) is 93.8 cm³/mol. The van der Waals surface area contributed by atoms with Crippen LogP contribution in [0.5, 0.6) is 0 Å². The van der Waals surface area contributed by atoms with Gasteiger partial charge in [-0.3, -0.25) is 4.79 Å². The van der Waals surface area contributed by atoms with E-state index in [0.29, 0.717) is 16.4 Å². The Morgan fingerprint density at radius 1 is 0.957 bits per heavy atom. The van der Waals surface area contributed by atoms with Crippen LogP contribution in [0.1, 0.15) is 12.8 Å². The van der Waals surface area contributed by atoms with E-state index in [1.54, 1.807) is 16.7 Å². The van der Waals surface area contributed by atoms with Crippen LogP contribution in [-0.2, 0) is 0 Å². The fourth-order valence-corrected chi connectivity index (χ4v) is 3.20. The van der Waals surface area contributed by atoms with Crippen LogP contribution in [0.4, 0.5) is 5.95 Å². The van der Waals surface area contributed by atoms with Gasteiger partial charge in [-0.25, -0.2) is 9.55 Å². The summed E-state index contributed by atoms with van der Waals surface area (Å²) < 4.78 is 1.70. The molecule has 2 heterocycles. The Hall–Kier alpha value is -2.33. The maximum atomic E-state index is 13.1. The zero-order valence-electron chi connectivity index (χ0n) is 12.6. The van der Waals surface area contributed by atoms with Gasteiger partial charge in [-0.05, 0) is 49.2 Å². The van der Waals surface area contributed by atoms with Crippen molar-refractivity contribution in [1.29, 1.82) is 0 Å². The van der Waals surface area contributed by atoms with E-state index in [-0.39, 0.29) is 5.56 Å². The Bertz CT molecular complexity index is 912. The number of anilines is 1. The summed E-state index contributed by atoms with van der Waals surface area (Å²) in [6.07, 6.45) is 2.26. The van der Waals surface area contributed by atoms with Crippen LogP contribution in [0.3, 0.4) is 0 Å². The van der Waals surface area contributed by atoms with Gasteiger partial charge in [-0.2, -0.15) is 0 Å². The van der Waals surface area contributed by atoms with E-state index in [9.17, 15) is 4.79 Å². The standard InChI is InChI=1S/C18H16ClN3O/c19-13-7-9-14(10-8-13)22-17(23)15-5-1-2-6-16(15)20-18(22)21-11-3-4-12-21/h1-2,5-10H,3-4,11-12H2. The lowest BCUT2D eigenvalue weighted by atomic mass is 10.2. The first-order valence-corrected chi connectivity index (χ1v) is 8.14. The molecule has 2 aromatic carbocycles. The molecule has 0 N–H and O–H groups in total. The van der Waals surface area contributed by atoms with E-state index in [1.165, 1.54) is 0 Å². The van der Waals surface area contributed by atoms with Gasteiger partial charge >= 0.3 is 0 Å². The van der Waals surface area contributed by atoms with E-state index >= 15 is 0 Å². The molecule has 0 atom stereocenters. The van der Waals surface area contributed by atoms with Crippen molar-refractivity contribution in [2.24, 2.45) is 0 Å². The summed E-state index contributed by atoms with van der Waals surface area (Å²) in [5.74, 6) is 0.716. The summed E-state index contributed by atoms with van der Waals surface area (Å²) >= 11 is 5.99. The minimum atomic E-state index is -0.0418. The van der Waals surface area contributed by atoms with Crippen molar-refractivity contribution in [2.75, 3.05) is 18.0 Å². The number of benzene rings is 2. The fraction of sp³-hybridized carbons (Fsp3) is 0.222. The maximum absolute atomic E-state index is 13.1. The van der Waals surface area contributed by atoms with Crippen LogP contribution < -0.4 is 10.5 Å². The highest BCUT2D eigenvalue weighted by Crippen LogP contribution is 2.23. The molecule has 0 amide bonds. The van der Waals surface area contributed by atoms with Gasteiger partial charge in [-0.1, -0.05) is 23.7 Å². The molecule has 4 rings (SSSR count). The third-order valence-corrected chi connectivity index (χ3v) is 4.48. The molecule has 1 aliphatic heterocycles. The summed E-state index contributed by atoms with van der Waals surface area (Å²) in [4.78, 5) is 20.0. The predicted octanol–water partition coefficient (Wildman–Crippen LogP) is 3.64. The lowest BCUT2D eigenvalue weighted by Gasteiger charge is -2.22. The maximum Gasteiger partial charge on any atom is 0.267 e. The van der Waals surface area contributed by atoms with Crippen LogP contribution in [0.2, 0.25) is 5.02 Å². The molecular formula is C18H16ClN3O. The molecule has 0 unspecified atom stereocenters. The quantitative estimate of drug-likeness (QED) is 0.722. The van der Waals surface area contributed by atoms with E-state index in [1.807, 2.05) is 36.4 Å². The molecule has 0 spiro atoms. The van der Waals surface area contributed by atoms with Crippen LogP contribution in [0, 0.1) is 0 Å². The first-order chi connectivity index (χ1) is 11.2. The zero-order valence-corrected chi connectivity index (χ0v) is 13.3. The van der Waals surface area contributed by atoms with Gasteiger partial charge in [0.1, 0.15) is 0 Å². The molecular weight excluding hydrogens is 310 g/mol. The smallest absolute Gasteiger partial charge is 0.267 e. The molecule has 1 aliphatic rings. The van der Waals surface area contributed by atoms with Crippen LogP contribution in [-0.4, -0.2) is 22.6 Å². The molecule has 0 saturated carbocycles. The summed E-state index contributed by atoms with van der Waals surface area (Å²) in [6.45, 7) is 1.86. The highest BCUT2D eigenvalue weighted by Gasteiger charge is 2.20. The monoisotopic (exact) mass is 325 g/mol. The first-order valence-electron chi connectivity index (χ1n) is 7.77. The van der Waals surface area contributed by atoms with Gasteiger partial charge in [0.15, 0.2) is 0 Å². The topological polar surface area (TPSA) is 38.1 Å². The molecule has 3 aromatic rings. The summed E-state index contributed by atoms with van der Waals surface area (Å²) in [6, 6.07) is 14.8. The van der Waals surface area contributed by atoms with Gasteiger partial charge in [-0.15, -0.1) is 0 Å². The van der Waals surface area contributed by atoms with Crippen LogP contribution in [0.15, 0.2) is 53.3 Å². The molecule has 116 valence electrons. The van der Waals surface area contributed by atoms with Gasteiger partial charge < -0.3 is 4.90 Å². The highest BCUT2D eigenvalue weighted by atomic mass is 35.5. The molecule has 5 heteroatoms. The Balaban J connectivity index is 2.02. The van der Waals surface area contributed by atoms with E-state index < -0.39 is 0 Å². The summed E-state index contributed by atoms with van der Waals surface area (Å²) in [7, 11) is 0. The Labute approximate surface area is 138 Å². The number of nitrogens with zero attached hydrogens (tertiary/aromatic N) is 3. The molecule has 0 aliphatic carbocycles. The number of halogens is 1. The number of aromatic nitrogens is 2. The molecule has 4 nitrogen and oxygen atoms in total. The SMILES string of the molecule is O=c1c2ccccc2nc(N2CCCC2)n1-c1ccc(Cl)cc1. The summed E-state index contributed by atoms with van der Waals surface area (Å²) in [5.41, 5.74) is 1.49. The third-order valence-electron chi connectivity index (χ3n) is 4.23. The fourth-order valence-electron chi connectivity index (χ4n) is 3.07.